The van der Waals surface area contributed by atoms with Crippen LogP contribution in [0.1, 0.15) is 73.5 Å². The van der Waals surface area contributed by atoms with Gasteiger partial charge in [-0.3, -0.25) is 9.59 Å². The third-order valence-electron chi connectivity index (χ3n) is 4.60. The van der Waals surface area contributed by atoms with Crippen LogP contribution in [0, 0.1) is 0 Å². The number of nitrogens with one attached hydrogen (secondary N) is 2. The molecule has 128 valence electrons. The number of pyridine rings is 1. The molecule has 0 aromatic carbocycles. The minimum Gasteiger partial charge on any atom is -0.342 e. The number of aromatic amines is 1. The van der Waals surface area contributed by atoms with E-state index in [4.69, 9.17) is 0 Å². The molecule has 7 heteroatoms. The number of aromatic nitrogens is 4. The number of aryl methyl sites for hydroxylation is 1. The summed E-state index contributed by atoms with van der Waals surface area (Å²) in [6.45, 7) is 3.82. The number of H-pyrrole nitrogens is 1. The number of amides is 1. The molecule has 2 heterocycles. The van der Waals surface area contributed by atoms with Crippen molar-refractivity contribution >= 4 is 5.91 Å². The fraction of sp³-hybridized carbons (Fsp3) is 0.529. The lowest BCUT2D eigenvalue weighted by atomic mass is 10.1. The summed E-state index contributed by atoms with van der Waals surface area (Å²) < 4.78 is 2.08. The summed E-state index contributed by atoms with van der Waals surface area (Å²) in [6.07, 6.45) is 7.10. The molecular formula is C17H23N5O2. The van der Waals surface area contributed by atoms with Gasteiger partial charge >= 0.3 is 0 Å². The van der Waals surface area contributed by atoms with Gasteiger partial charge < -0.3 is 14.9 Å². The summed E-state index contributed by atoms with van der Waals surface area (Å²) in [4.78, 5) is 26.9. The Morgan fingerprint density at radius 1 is 1.42 bits per heavy atom. The molecule has 1 saturated carbocycles. The maximum Gasteiger partial charge on any atom is 0.252 e. The second-order valence-electron chi connectivity index (χ2n) is 6.34. The van der Waals surface area contributed by atoms with Crippen molar-refractivity contribution in [3.8, 4) is 0 Å². The van der Waals surface area contributed by atoms with Gasteiger partial charge in [0.15, 0.2) is 5.82 Å². The van der Waals surface area contributed by atoms with E-state index >= 15 is 0 Å². The van der Waals surface area contributed by atoms with Crippen LogP contribution < -0.4 is 10.9 Å². The van der Waals surface area contributed by atoms with Crippen LogP contribution in [0.4, 0.5) is 0 Å². The predicted molar refractivity (Wildman–Crippen MR) is 89.8 cm³/mol. The lowest BCUT2D eigenvalue weighted by molar-refractivity contribution is 0.0937. The van der Waals surface area contributed by atoms with Crippen LogP contribution in [0.25, 0.3) is 0 Å². The number of carbonyl (C=O) groups is 1. The highest BCUT2D eigenvalue weighted by Crippen LogP contribution is 2.31. The molecule has 0 spiro atoms. The first-order valence-electron chi connectivity index (χ1n) is 8.52. The molecule has 7 nitrogen and oxygen atoms in total. The zero-order chi connectivity index (χ0) is 17.1. The molecule has 0 unspecified atom stereocenters. The van der Waals surface area contributed by atoms with E-state index in [1.807, 2.05) is 13.8 Å². The van der Waals surface area contributed by atoms with E-state index in [9.17, 15) is 9.59 Å². The van der Waals surface area contributed by atoms with Gasteiger partial charge in [0.2, 0.25) is 5.56 Å². The Kier molecular flexibility index (Phi) is 4.78. The Hall–Kier alpha value is -2.44. The van der Waals surface area contributed by atoms with Gasteiger partial charge in [-0.05, 0) is 32.3 Å². The third kappa shape index (κ3) is 3.39. The fourth-order valence-electron chi connectivity index (χ4n) is 3.29. The number of hydrogen-bond donors (Lipinski definition) is 2. The Bertz CT molecular complexity index is 773. The predicted octanol–water partition coefficient (Wildman–Crippen LogP) is 2.13. The van der Waals surface area contributed by atoms with Gasteiger partial charge in [-0.1, -0.05) is 19.8 Å². The topological polar surface area (TPSA) is 92.7 Å². The molecule has 0 aliphatic heterocycles. The largest absolute Gasteiger partial charge is 0.342 e. The summed E-state index contributed by atoms with van der Waals surface area (Å²) in [5, 5.41) is 11.1. The van der Waals surface area contributed by atoms with E-state index in [-0.39, 0.29) is 17.5 Å². The summed E-state index contributed by atoms with van der Waals surface area (Å²) in [6, 6.07) is 3.18. The Balaban J connectivity index is 1.76. The van der Waals surface area contributed by atoms with Crippen LogP contribution in [0.2, 0.25) is 0 Å². The van der Waals surface area contributed by atoms with E-state index in [0.29, 0.717) is 18.0 Å². The number of carbonyl (C=O) groups excluding carboxylic acids is 1. The standard InChI is InChI=1S/C17H23N5O2/c1-3-13-8-12(9-15(23)20-13)17(24)19-11(2)16-21-18-10-22(16)14-6-4-5-7-14/h8-11,14H,3-7H2,1-2H3,(H,19,24)(H,20,23)/t11-/m0/s1. The molecule has 2 aromatic heterocycles. The second kappa shape index (κ2) is 6.98. The van der Waals surface area contributed by atoms with Crippen molar-refractivity contribution in [2.24, 2.45) is 0 Å². The molecule has 1 aliphatic carbocycles. The van der Waals surface area contributed by atoms with E-state index in [1.54, 1.807) is 12.4 Å². The molecular weight excluding hydrogens is 306 g/mol. The molecule has 1 atom stereocenters. The molecule has 2 N–H and O–H groups in total. The molecule has 2 aromatic rings. The van der Waals surface area contributed by atoms with Gasteiger partial charge in [-0.2, -0.15) is 0 Å². The lowest BCUT2D eigenvalue weighted by Gasteiger charge is -2.18. The van der Waals surface area contributed by atoms with Crippen LogP contribution in [0.5, 0.6) is 0 Å². The highest BCUT2D eigenvalue weighted by molar-refractivity contribution is 5.94. The van der Waals surface area contributed by atoms with E-state index in [2.05, 4.69) is 25.1 Å². The zero-order valence-electron chi connectivity index (χ0n) is 14.1. The first kappa shape index (κ1) is 16.4. The minimum atomic E-state index is -0.274. The van der Waals surface area contributed by atoms with Crippen LogP contribution in [0.15, 0.2) is 23.3 Å². The smallest absolute Gasteiger partial charge is 0.252 e. The Labute approximate surface area is 140 Å². The minimum absolute atomic E-state index is 0.263. The SMILES string of the molecule is CCc1cc(C(=O)N[C@@H](C)c2nncn2C2CCCC2)cc(=O)[nH]1. The van der Waals surface area contributed by atoms with Gasteiger partial charge in [0, 0.05) is 23.4 Å². The molecule has 3 rings (SSSR count). The quantitative estimate of drug-likeness (QED) is 0.879. The Morgan fingerprint density at radius 3 is 2.88 bits per heavy atom. The molecule has 1 amide bonds. The van der Waals surface area contributed by atoms with Gasteiger partial charge in [0.1, 0.15) is 6.33 Å². The maximum absolute atomic E-state index is 12.5. The number of rotatable bonds is 5. The van der Waals surface area contributed by atoms with Crippen LogP contribution in [0.3, 0.4) is 0 Å². The lowest BCUT2D eigenvalue weighted by Crippen LogP contribution is -2.30. The highest BCUT2D eigenvalue weighted by atomic mass is 16.2. The van der Waals surface area contributed by atoms with E-state index < -0.39 is 0 Å². The van der Waals surface area contributed by atoms with Gasteiger partial charge in [0.25, 0.3) is 5.91 Å². The van der Waals surface area contributed by atoms with Crippen LogP contribution in [-0.4, -0.2) is 25.7 Å². The first-order chi connectivity index (χ1) is 11.6. The number of nitrogens with zero attached hydrogens (tertiary/aromatic N) is 3. The Morgan fingerprint density at radius 2 is 2.17 bits per heavy atom. The van der Waals surface area contributed by atoms with Crippen LogP contribution in [-0.2, 0) is 6.42 Å². The average molecular weight is 329 g/mol. The zero-order valence-corrected chi connectivity index (χ0v) is 14.1. The third-order valence-corrected chi connectivity index (χ3v) is 4.60. The normalized spacial score (nSPS) is 16.2. The molecule has 1 aliphatic rings. The highest BCUT2D eigenvalue weighted by Gasteiger charge is 2.23. The fourth-order valence-corrected chi connectivity index (χ4v) is 3.29. The molecule has 0 bridgehead atoms. The van der Waals surface area contributed by atoms with Gasteiger partial charge in [-0.25, -0.2) is 0 Å². The van der Waals surface area contributed by atoms with Crippen molar-refractivity contribution in [1.82, 2.24) is 25.1 Å². The summed E-state index contributed by atoms with van der Waals surface area (Å²) in [5.74, 6) is 0.486. The maximum atomic E-state index is 12.5. The van der Waals surface area contributed by atoms with Gasteiger partial charge in [0.05, 0.1) is 6.04 Å². The van der Waals surface area contributed by atoms with Crippen molar-refractivity contribution in [2.75, 3.05) is 0 Å². The van der Waals surface area contributed by atoms with Crippen molar-refractivity contribution in [3.63, 3.8) is 0 Å². The van der Waals surface area contributed by atoms with E-state index in [1.165, 1.54) is 18.9 Å². The summed E-state index contributed by atoms with van der Waals surface area (Å²) in [7, 11) is 0. The van der Waals surface area contributed by atoms with Crippen molar-refractivity contribution in [3.05, 3.63) is 45.9 Å². The first-order valence-corrected chi connectivity index (χ1v) is 8.52. The summed E-state index contributed by atoms with van der Waals surface area (Å²) in [5.41, 5.74) is 0.852. The monoisotopic (exact) mass is 329 g/mol. The summed E-state index contributed by atoms with van der Waals surface area (Å²) >= 11 is 0. The van der Waals surface area contributed by atoms with Crippen molar-refractivity contribution in [1.29, 1.82) is 0 Å². The molecule has 0 radical (unpaired) electrons. The molecule has 0 saturated heterocycles. The van der Waals surface area contributed by atoms with Gasteiger partial charge in [-0.15, -0.1) is 10.2 Å². The van der Waals surface area contributed by atoms with Crippen LogP contribution >= 0.6 is 0 Å². The second-order valence-corrected chi connectivity index (χ2v) is 6.34. The molecule has 24 heavy (non-hydrogen) atoms. The van der Waals surface area contributed by atoms with Crippen molar-refractivity contribution < 1.29 is 4.79 Å². The average Bonchev–Trinajstić information content (AvgIpc) is 3.24. The van der Waals surface area contributed by atoms with Crippen molar-refractivity contribution in [2.45, 2.75) is 58.0 Å². The molecule has 1 fully saturated rings. The van der Waals surface area contributed by atoms with E-state index in [0.717, 1.165) is 24.4 Å². The number of hydrogen-bond acceptors (Lipinski definition) is 4.